The maximum absolute atomic E-state index is 11.7. The lowest BCUT2D eigenvalue weighted by atomic mass is 9.87. The minimum atomic E-state index is -4.60. The first-order valence-corrected chi connectivity index (χ1v) is 12.6. The molecule has 162 valence electrons. The Hall–Kier alpha value is -0.830. The Kier molecular flexibility index (Phi) is 11.4. The number of phosphoric acid groups is 1. The normalized spacial score (nSPS) is 14.1. The molecule has 0 fully saturated rings. The van der Waals surface area contributed by atoms with E-state index in [2.05, 4.69) is 46.8 Å². The van der Waals surface area contributed by atoms with Crippen LogP contribution in [-0.2, 0) is 17.4 Å². The molecule has 0 saturated carbocycles. The van der Waals surface area contributed by atoms with Crippen molar-refractivity contribution in [3.8, 4) is 5.75 Å². The number of phosphoric ester groups is 1. The van der Waals surface area contributed by atoms with Gasteiger partial charge in [0.1, 0.15) is 5.75 Å². The Morgan fingerprint density at radius 2 is 1.32 bits per heavy atom. The molecule has 0 saturated heterocycles. The SMILES string of the molecule is CCCCC(CC)Cc1cc(C)cc(CC(CC)CCCC)c1OP(=O)(O)O. The molecule has 0 radical (unpaired) electrons. The zero-order valence-corrected chi connectivity index (χ0v) is 19.4. The van der Waals surface area contributed by atoms with Crippen LogP contribution in [0.5, 0.6) is 5.75 Å². The summed E-state index contributed by atoms with van der Waals surface area (Å²) in [4.78, 5) is 19.1. The summed E-state index contributed by atoms with van der Waals surface area (Å²) in [7, 11) is -4.60. The molecular formula is C23H41O4P. The highest BCUT2D eigenvalue weighted by molar-refractivity contribution is 7.46. The van der Waals surface area contributed by atoms with Gasteiger partial charge in [-0.25, -0.2) is 4.57 Å². The average molecular weight is 413 g/mol. The fraction of sp³-hybridized carbons (Fsp3) is 0.739. The molecule has 1 aromatic rings. The summed E-state index contributed by atoms with van der Waals surface area (Å²) in [5.41, 5.74) is 3.04. The molecule has 0 heterocycles. The molecule has 28 heavy (non-hydrogen) atoms. The number of hydrogen-bond donors (Lipinski definition) is 2. The van der Waals surface area contributed by atoms with Gasteiger partial charge in [-0.1, -0.05) is 96.8 Å². The van der Waals surface area contributed by atoms with Gasteiger partial charge < -0.3 is 4.52 Å². The third-order valence-electron chi connectivity index (χ3n) is 5.70. The van der Waals surface area contributed by atoms with E-state index >= 15 is 0 Å². The molecule has 0 bridgehead atoms. The van der Waals surface area contributed by atoms with Crippen LogP contribution in [0.3, 0.4) is 0 Å². The lowest BCUT2D eigenvalue weighted by Crippen LogP contribution is -2.10. The van der Waals surface area contributed by atoms with Gasteiger partial charge in [0.2, 0.25) is 0 Å². The van der Waals surface area contributed by atoms with Crippen molar-refractivity contribution in [1.29, 1.82) is 0 Å². The van der Waals surface area contributed by atoms with E-state index in [1.807, 2.05) is 0 Å². The van der Waals surface area contributed by atoms with E-state index in [9.17, 15) is 14.4 Å². The molecule has 0 aliphatic heterocycles. The number of benzene rings is 1. The fourth-order valence-electron chi connectivity index (χ4n) is 3.98. The first-order valence-electron chi connectivity index (χ1n) is 11.1. The van der Waals surface area contributed by atoms with Crippen LogP contribution >= 0.6 is 7.82 Å². The van der Waals surface area contributed by atoms with Crippen molar-refractivity contribution in [3.05, 3.63) is 28.8 Å². The van der Waals surface area contributed by atoms with Crippen LogP contribution < -0.4 is 4.52 Å². The lowest BCUT2D eigenvalue weighted by molar-refractivity contribution is 0.279. The maximum atomic E-state index is 11.7. The van der Waals surface area contributed by atoms with Crippen LogP contribution in [0, 0.1) is 18.8 Å². The predicted octanol–water partition coefficient (Wildman–Crippen LogP) is 6.98. The number of rotatable bonds is 14. The van der Waals surface area contributed by atoms with E-state index in [1.54, 1.807) is 0 Å². The van der Waals surface area contributed by atoms with Crippen molar-refractivity contribution in [2.75, 3.05) is 0 Å². The highest BCUT2D eigenvalue weighted by Gasteiger charge is 2.24. The van der Waals surface area contributed by atoms with Crippen molar-refractivity contribution >= 4 is 7.82 Å². The zero-order valence-electron chi connectivity index (χ0n) is 18.5. The highest BCUT2D eigenvalue weighted by Crippen LogP contribution is 2.43. The van der Waals surface area contributed by atoms with E-state index < -0.39 is 7.82 Å². The smallest absolute Gasteiger partial charge is 0.404 e. The summed E-state index contributed by atoms with van der Waals surface area (Å²) in [5.74, 6) is 1.45. The van der Waals surface area contributed by atoms with Gasteiger partial charge in [0, 0.05) is 0 Å². The summed E-state index contributed by atoms with van der Waals surface area (Å²) in [6.07, 6.45) is 10.7. The van der Waals surface area contributed by atoms with Crippen molar-refractivity contribution < 1.29 is 18.9 Å². The van der Waals surface area contributed by atoms with Crippen molar-refractivity contribution in [3.63, 3.8) is 0 Å². The lowest BCUT2D eigenvalue weighted by Gasteiger charge is -2.23. The quantitative estimate of drug-likeness (QED) is 0.323. The molecule has 0 amide bonds. The van der Waals surface area contributed by atoms with E-state index in [0.29, 0.717) is 17.6 Å². The van der Waals surface area contributed by atoms with Crippen LogP contribution in [0.1, 0.15) is 95.8 Å². The Bertz CT molecular complexity index is 584. The molecule has 2 N–H and O–H groups in total. The second kappa shape index (κ2) is 12.7. The average Bonchev–Trinajstić information content (AvgIpc) is 2.63. The van der Waals surface area contributed by atoms with Crippen LogP contribution in [0.4, 0.5) is 0 Å². The predicted molar refractivity (Wildman–Crippen MR) is 118 cm³/mol. The van der Waals surface area contributed by atoms with Crippen LogP contribution in [0.15, 0.2) is 12.1 Å². The second-order valence-corrected chi connectivity index (χ2v) is 9.40. The van der Waals surface area contributed by atoms with Crippen LogP contribution in [0.25, 0.3) is 0 Å². The first-order chi connectivity index (χ1) is 13.2. The van der Waals surface area contributed by atoms with E-state index in [1.165, 1.54) is 12.8 Å². The van der Waals surface area contributed by atoms with E-state index in [-0.39, 0.29) is 0 Å². The first kappa shape index (κ1) is 25.2. The Balaban J connectivity index is 3.25. The summed E-state index contributed by atoms with van der Waals surface area (Å²) in [6.45, 7) is 10.8. The second-order valence-electron chi connectivity index (χ2n) is 8.24. The van der Waals surface area contributed by atoms with E-state index in [4.69, 9.17) is 4.52 Å². The van der Waals surface area contributed by atoms with Gasteiger partial charge in [-0.3, -0.25) is 9.79 Å². The minimum Gasteiger partial charge on any atom is -0.404 e. The molecule has 0 aromatic heterocycles. The zero-order chi connectivity index (χ0) is 21.2. The van der Waals surface area contributed by atoms with Crippen LogP contribution in [-0.4, -0.2) is 9.79 Å². The van der Waals surface area contributed by atoms with Gasteiger partial charge in [0.15, 0.2) is 0 Å². The summed E-state index contributed by atoms with van der Waals surface area (Å²) in [5, 5.41) is 0. The van der Waals surface area contributed by atoms with Crippen molar-refractivity contribution in [2.24, 2.45) is 11.8 Å². The molecular weight excluding hydrogens is 371 g/mol. The number of aryl methyl sites for hydroxylation is 1. The third-order valence-corrected chi connectivity index (χ3v) is 6.12. The maximum Gasteiger partial charge on any atom is 0.524 e. The monoisotopic (exact) mass is 412 g/mol. The van der Waals surface area contributed by atoms with E-state index in [0.717, 1.165) is 68.1 Å². The Morgan fingerprint density at radius 1 is 0.893 bits per heavy atom. The number of hydrogen-bond acceptors (Lipinski definition) is 2. The number of unbranched alkanes of at least 4 members (excludes halogenated alkanes) is 2. The Labute approximate surface area is 172 Å². The fourth-order valence-corrected chi connectivity index (χ4v) is 4.45. The summed E-state index contributed by atoms with van der Waals surface area (Å²) in [6, 6.07) is 4.10. The largest absolute Gasteiger partial charge is 0.524 e. The molecule has 2 atom stereocenters. The van der Waals surface area contributed by atoms with Crippen molar-refractivity contribution in [2.45, 2.75) is 98.8 Å². The molecule has 1 rings (SSSR count). The van der Waals surface area contributed by atoms with Crippen LogP contribution in [0.2, 0.25) is 0 Å². The van der Waals surface area contributed by atoms with Gasteiger partial charge in [-0.15, -0.1) is 0 Å². The molecule has 0 aliphatic rings. The minimum absolute atomic E-state index is 0.434. The van der Waals surface area contributed by atoms with Gasteiger partial charge in [0.05, 0.1) is 0 Å². The Morgan fingerprint density at radius 3 is 1.64 bits per heavy atom. The summed E-state index contributed by atoms with van der Waals surface area (Å²) >= 11 is 0. The molecule has 1 aromatic carbocycles. The van der Waals surface area contributed by atoms with Gasteiger partial charge in [-0.2, -0.15) is 0 Å². The molecule has 0 aliphatic carbocycles. The van der Waals surface area contributed by atoms with Gasteiger partial charge in [0.25, 0.3) is 0 Å². The summed E-state index contributed by atoms with van der Waals surface area (Å²) < 4.78 is 17.0. The molecule has 5 heteroatoms. The third kappa shape index (κ3) is 9.11. The molecule has 4 nitrogen and oxygen atoms in total. The van der Waals surface area contributed by atoms with Gasteiger partial charge in [-0.05, 0) is 42.7 Å². The topological polar surface area (TPSA) is 66.8 Å². The molecule has 0 spiro atoms. The highest BCUT2D eigenvalue weighted by atomic mass is 31.2. The standard InChI is InChI=1S/C23H41O4P/c1-6-10-12-19(8-3)16-21-14-18(5)15-22(23(21)27-28(24,25)26)17-20(9-4)13-11-7-2/h14-15,19-20H,6-13,16-17H2,1-5H3,(H2,24,25,26). The van der Waals surface area contributed by atoms with Gasteiger partial charge >= 0.3 is 7.82 Å². The molecule has 2 unspecified atom stereocenters. The van der Waals surface area contributed by atoms with Crippen molar-refractivity contribution in [1.82, 2.24) is 0 Å².